The molecule has 118 valence electrons. The van der Waals surface area contributed by atoms with Gasteiger partial charge in [0.25, 0.3) is 0 Å². The molecule has 5 heteroatoms. The molecule has 0 fully saturated rings. The van der Waals surface area contributed by atoms with E-state index >= 15 is 0 Å². The quantitative estimate of drug-likeness (QED) is 0.888. The summed E-state index contributed by atoms with van der Waals surface area (Å²) in [6.07, 6.45) is 3.49. The van der Waals surface area contributed by atoms with Gasteiger partial charge in [-0.05, 0) is 37.7 Å². The molecule has 5 nitrogen and oxygen atoms in total. The molecule has 0 aliphatic heterocycles. The Morgan fingerprint density at radius 2 is 1.86 bits per heavy atom. The molecule has 0 saturated heterocycles. The molecule has 0 amide bonds. The molecule has 1 N–H and O–H groups in total. The SMILES string of the molecule is CCN(CC)Cc1c(O)c(=O)cc(C)n1Cc1ccncc1. The van der Waals surface area contributed by atoms with E-state index in [4.69, 9.17) is 0 Å². The molecule has 0 radical (unpaired) electrons. The fraction of sp³-hybridized carbons (Fsp3) is 0.412. The number of hydrogen-bond donors (Lipinski definition) is 1. The van der Waals surface area contributed by atoms with Crippen molar-refractivity contribution in [3.8, 4) is 5.75 Å². The molecule has 2 aromatic rings. The van der Waals surface area contributed by atoms with Crippen molar-refractivity contribution in [1.82, 2.24) is 14.5 Å². The first kappa shape index (κ1) is 16.2. The third-order valence-electron chi connectivity index (χ3n) is 3.96. The second kappa shape index (κ2) is 7.22. The molecular formula is C17H23N3O2. The molecule has 0 bridgehead atoms. The number of nitrogens with zero attached hydrogens (tertiary/aromatic N) is 3. The molecule has 2 rings (SSSR count). The Morgan fingerprint density at radius 1 is 1.23 bits per heavy atom. The summed E-state index contributed by atoms with van der Waals surface area (Å²) in [5.74, 6) is -0.147. The van der Waals surface area contributed by atoms with Gasteiger partial charge in [0.2, 0.25) is 5.43 Å². The predicted octanol–water partition coefficient (Wildman–Crippen LogP) is 2.15. The van der Waals surface area contributed by atoms with Gasteiger partial charge in [-0.1, -0.05) is 13.8 Å². The second-order valence-corrected chi connectivity index (χ2v) is 5.35. The maximum absolute atomic E-state index is 11.9. The van der Waals surface area contributed by atoms with Gasteiger partial charge in [0.05, 0.1) is 5.69 Å². The molecule has 0 aliphatic carbocycles. The van der Waals surface area contributed by atoms with Crippen LogP contribution in [0.4, 0.5) is 0 Å². The summed E-state index contributed by atoms with van der Waals surface area (Å²) in [5.41, 5.74) is 2.29. The van der Waals surface area contributed by atoms with Crippen molar-refractivity contribution in [3.05, 3.63) is 57.8 Å². The number of hydrogen-bond acceptors (Lipinski definition) is 4. The van der Waals surface area contributed by atoms with Crippen molar-refractivity contribution >= 4 is 0 Å². The van der Waals surface area contributed by atoms with Crippen LogP contribution in [0.25, 0.3) is 0 Å². The molecular weight excluding hydrogens is 278 g/mol. The topological polar surface area (TPSA) is 58.4 Å². The van der Waals surface area contributed by atoms with Gasteiger partial charge in [-0.25, -0.2) is 0 Å². The van der Waals surface area contributed by atoms with Crippen LogP contribution in [-0.2, 0) is 13.1 Å². The van der Waals surface area contributed by atoms with E-state index in [2.05, 4.69) is 23.7 Å². The monoisotopic (exact) mass is 301 g/mol. The molecule has 0 aromatic carbocycles. The lowest BCUT2D eigenvalue weighted by molar-refractivity contribution is 0.280. The number of aromatic hydroxyl groups is 1. The van der Waals surface area contributed by atoms with Crippen LogP contribution in [0.15, 0.2) is 35.4 Å². The number of aryl methyl sites for hydroxylation is 1. The summed E-state index contributed by atoms with van der Waals surface area (Å²) in [6.45, 7) is 8.94. The Kier molecular flexibility index (Phi) is 5.33. The zero-order valence-electron chi connectivity index (χ0n) is 13.4. The van der Waals surface area contributed by atoms with Crippen molar-refractivity contribution in [2.45, 2.75) is 33.9 Å². The second-order valence-electron chi connectivity index (χ2n) is 5.35. The maximum atomic E-state index is 11.9. The Bertz CT molecular complexity index is 676. The highest BCUT2D eigenvalue weighted by Crippen LogP contribution is 2.18. The molecule has 0 saturated carbocycles. The lowest BCUT2D eigenvalue weighted by Gasteiger charge is -2.23. The van der Waals surface area contributed by atoms with Crippen LogP contribution in [0.1, 0.15) is 30.8 Å². The average molecular weight is 301 g/mol. The minimum Gasteiger partial charge on any atom is -0.503 e. The zero-order valence-corrected chi connectivity index (χ0v) is 13.4. The van der Waals surface area contributed by atoms with Gasteiger partial charge in [-0.15, -0.1) is 0 Å². The Labute approximate surface area is 130 Å². The van der Waals surface area contributed by atoms with Crippen LogP contribution in [-0.4, -0.2) is 32.6 Å². The molecule has 0 unspecified atom stereocenters. The Hall–Kier alpha value is -2.14. The van der Waals surface area contributed by atoms with Crippen LogP contribution in [0.3, 0.4) is 0 Å². The number of rotatable bonds is 6. The van der Waals surface area contributed by atoms with Gasteiger partial charge in [-0.3, -0.25) is 14.7 Å². The normalized spacial score (nSPS) is 11.1. The number of aromatic nitrogens is 2. The van der Waals surface area contributed by atoms with E-state index in [1.807, 2.05) is 23.6 Å². The van der Waals surface area contributed by atoms with Crippen LogP contribution >= 0.6 is 0 Å². The summed E-state index contributed by atoms with van der Waals surface area (Å²) in [6, 6.07) is 5.37. The van der Waals surface area contributed by atoms with Gasteiger partial charge >= 0.3 is 0 Å². The largest absolute Gasteiger partial charge is 0.503 e. The minimum absolute atomic E-state index is 0.147. The molecule has 22 heavy (non-hydrogen) atoms. The molecule has 0 atom stereocenters. The highest BCUT2D eigenvalue weighted by atomic mass is 16.3. The van der Waals surface area contributed by atoms with Crippen LogP contribution in [0.2, 0.25) is 0 Å². The van der Waals surface area contributed by atoms with E-state index in [0.717, 1.165) is 24.3 Å². The lowest BCUT2D eigenvalue weighted by atomic mass is 10.2. The first-order chi connectivity index (χ1) is 10.6. The smallest absolute Gasteiger partial charge is 0.223 e. The highest BCUT2D eigenvalue weighted by molar-refractivity contribution is 5.31. The van der Waals surface area contributed by atoms with Gasteiger partial charge in [0, 0.05) is 37.2 Å². The van der Waals surface area contributed by atoms with Crippen molar-refractivity contribution < 1.29 is 5.11 Å². The summed E-state index contributed by atoms with van der Waals surface area (Å²) in [5, 5.41) is 10.2. The van der Waals surface area contributed by atoms with E-state index in [1.54, 1.807) is 12.4 Å². The predicted molar refractivity (Wildman–Crippen MR) is 87.1 cm³/mol. The van der Waals surface area contributed by atoms with E-state index in [1.165, 1.54) is 6.07 Å². The summed E-state index contributed by atoms with van der Waals surface area (Å²) < 4.78 is 2.00. The molecule has 0 spiro atoms. The minimum atomic E-state index is -0.314. The zero-order chi connectivity index (χ0) is 16.1. The Morgan fingerprint density at radius 3 is 2.45 bits per heavy atom. The third kappa shape index (κ3) is 3.54. The van der Waals surface area contributed by atoms with Crippen molar-refractivity contribution in [2.75, 3.05) is 13.1 Å². The summed E-state index contributed by atoms with van der Waals surface area (Å²) >= 11 is 0. The molecule has 0 aliphatic rings. The standard InChI is InChI=1S/C17H23N3O2/c1-4-19(5-2)12-15-17(22)16(21)10-13(3)20(15)11-14-6-8-18-9-7-14/h6-10,22H,4-5,11-12H2,1-3H3. The first-order valence-corrected chi connectivity index (χ1v) is 7.60. The van der Waals surface area contributed by atoms with Gasteiger partial charge < -0.3 is 9.67 Å². The van der Waals surface area contributed by atoms with Crippen LogP contribution in [0.5, 0.6) is 5.75 Å². The van der Waals surface area contributed by atoms with Crippen LogP contribution in [0, 0.1) is 6.92 Å². The third-order valence-corrected chi connectivity index (χ3v) is 3.96. The van der Waals surface area contributed by atoms with Crippen molar-refractivity contribution in [1.29, 1.82) is 0 Å². The maximum Gasteiger partial charge on any atom is 0.223 e. The Balaban J connectivity index is 2.47. The summed E-state index contributed by atoms with van der Waals surface area (Å²) in [4.78, 5) is 18.1. The van der Waals surface area contributed by atoms with E-state index in [9.17, 15) is 9.90 Å². The van der Waals surface area contributed by atoms with Gasteiger partial charge in [0.1, 0.15) is 0 Å². The van der Waals surface area contributed by atoms with E-state index < -0.39 is 0 Å². The fourth-order valence-electron chi connectivity index (χ4n) is 2.53. The van der Waals surface area contributed by atoms with Gasteiger partial charge in [-0.2, -0.15) is 0 Å². The summed E-state index contributed by atoms with van der Waals surface area (Å²) in [7, 11) is 0. The van der Waals surface area contributed by atoms with Crippen LogP contribution < -0.4 is 5.43 Å². The highest BCUT2D eigenvalue weighted by Gasteiger charge is 2.15. The molecule has 2 heterocycles. The van der Waals surface area contributed by atoms with Crippen molar-refractivity contribution in [3.63, 3.8) is 0 Å². The van der Waals surface area contributed by atoms with E-state index in [0.29, 0.717) is 18.8 Å². The van der Waals surface area contributed by atoms with Crippen molar-refractivity contribution in [2.24, 2.45) is 0 Å². The fourth-order valence-corrected chi connectivity index (χ4v) is 2.53. The molecule has 2 aromatic heterocycles. The van der Waals surface area contributed by atoms with E-state index in [-0.39, 0.29) is 11.2 Å². The van der Waals surface area contributed by atoms with Gasteiger partial charge in [0.15, 0.2) is 5.75 Å². The number of pyridine rings is 2. The first-order valence-electron chi connectivity index (χ1n) is 7.60. The average Bonchev–Trinajstić information content (AvgIpc) is 2.53. The lowest BCUT2D eigenvalue weighted by Crippen LogP contribution is -2.27.